The number of rotatable bonds is 6. The number of nitrogens with zero attached hydrogens (tertiary/aromatic N) is 1. The van der Waals surface area contributed by atoms with Crippen LogP contribution in [-0.4, -0.2) is 0 Å². The summed E-state index contributed by atoms with van der Waals surface area (Å²) in [6, 6.07) is 68.5. The number of benzene rings is 8. The first-order chi connectivity index (χ1) is 24.6. The molecular formula is C49H37N. The van der Waals surface area contributed by atoms with Gasteiger partial charge in [-0.05, 0) is 79.7 Å². The first kappa shape index (κ1) is 29.9. The normalized spacial score (nSPS) is 12.8. The molecule has 1 aliphatic rings. The van der Waals surface area contributed by atoms with Crippen molar-refractivity contribution in [1.29, 1.82) is 0 Å². The van der Waals surface area contributed by atoms with Crippen molar-refractivity contribution < 1.29 is 0 Å². The maximum atomic E-state index is 2.47. The molecule has 1 heteroatoms. The highest BCUT2D eigenvalue weighted by molar-refractivity contribution is 6.10. The van der Waals surface area contributed by atoms with E-state index in [1.807, 2.05) is 0 Å². The summed E-state index contributed by atoms with van der Waals surface area (Å²) in [6.07, 6.45) is 0. The Balaban J connectivity index is 1.31. The fourth-order valence-corrected chi connectivity index (χ4v) is 8.05. The molecule has 9 rings (SSSR count). The van der Waals surface area contributed by atoms with Gasteiger partial charge in [-0.2, -0.15) is 0 Å². The molecule has 50 heavy (non-hydrogen) atoms. The van der Waals surface area contributed by atoms with Crippen LogP contribution in [-0.2, 0) is 5.41 Å². The summed E-state index contributed by atoms with van der Waals surface area (Å²) in [5.74, 6) is 0. The van der Waals surface area contributed by atoms with Gasteiger partial charge in [-0.3, -0.25) is 0 Å². The van der Waals surface area contributed by atoms with Crippen LogP contribution >= 0.6 is 0 Å². The fourth-order valence-electron chi connectivity index (χ4n) is 8.05. The Morgan fingerprint density at radius 3 is 1.34 bits per heavy atom. The molecule has 0 saturated carbocycles. The van der Waals surface area contributed by atoms with Gasteiger partial charge in [0, 0.05) is 27.7 Å². The molecule has 0 spiro atoms. The monoisotopic (exact) mass is 639 g/mol. The van der Waals surface area contributed by atoms with E-state index in [0.29, 0.717) is 0 Å². The van der Waals surface area contributed by atoms with E-state index in [0.717, 1.165) is 11.4 Å². The zero-order valence-electron chi connectivity index (χ0n) is 28.3. The number of hydrogen-bond donors (Lipinski definition) is 0. The molecule has 0 unspecified atom stereocenters. The van der Waals surface area contributed by atoms with E-state index in [1.165, 1.54) is 72.1 Å². The third kappa shape index (κ3) is 4.94. The molecular weight excluding hydrogens is 603 g/mol. The summed E-state index contributed by atoms with van der Waals surface area (Å²) in [6.45, 7) is 4.76. The lowest BCUT2D eigenvalue weighted by molar-refractivity contribution is 0.666. The van der Waals surface area contributed by atoms with Crippen molar-refractivity contribution in [1.82, 2.24) is 0 Å². The highest BCUT2D eigenvalue weighted by Gasteiger charge is 2.37. The third-order valence-corrected chi connectivity index (χ3v) is 10.5. The van der Waals surface area contributed by atoms with E-state index in [9.17, 15) is 0 Å². The Labute approximate surface area is 294 Å². The van der Waals surface area contributed by atoms with Gasteiger partial charge >= 0.3 is 0 Å². The summed E-state index contributed by atoms with van der Waals surface area (Å²) in [4.78, 5) is 2.47. The first-order valence-electron chi connectivity index (χ1n) is 17.4. The van der Waals surface area contributed by atoms with Gasteiger partial charge < -0.3 is 4.90 Å². The standard InChI is InChI=1S/C49H37N/c1-49(2)46-21-13-12-20-42(46)43-32-33-45-44(47(43)49)31-30-41(38-18-10-5-11-19-38)48(45)50(39-26-22-36(23-27-39)34-14-6-3-7-15-34)40-28-24-37(25-29-40)35-16-8-4-9-17-35/h3-33H,1-2H3. The summed E-state index contributed by atoms with van der Waals surface area (Å²) >= 11 is 0. The topological polar surface area (TPSA) is 3.24 Å². The van der Waals surface area contributed by atoms with Crippen LogP contribution in [0, 0.1) is 0 Å². The second-order valence-corrected chi connectivity index (χ2v) is 13.7. The maximum absolute atomic E-state index is 2.47. The molecule has 0 heterocycles. The summed E-state index contributed by atoms with van der Waals surface area (Å²) in [7, 11) is 0. The van der Waals surface area contributed by atoms with Crippen LogP contribution in [0.25, 0.3) is 55.3 Å². The van der Waals surface area contributed by atoms with Crippen molar-refractivity contribution in [2.45, 2.75) is 19.3 Å². The lowest BCUT2D eigenvalue weighted by atomic mass is 9.79. The van der Waals surface area contributed by atoms with Gasteiger partial charge in [0.05, 0.1) is 5.69 Å². The Bertz CT molecular complexity index is 2380. The van der Waals surface area contributed by atoms with Crippen LogP contribution in [0.5, 0.6) is 0 Å². The van der Waals surface area contributed by atoms with E-state index in [2.05, 4.69) is 207 Å². The van der Waals surface area contributed by atoms with Crippen LogP contribution in [0.1, 0.15) is 25.0 Å². The zero-order valence-corrected chi connectivity index (χ0v) is 28.3. The van der Waals surface area contributed by atoms with Gasteiger partial charge in [0.2, 0.25) is 0 Å². The molecule has 8 aromatic rings. The van der Waals surface area contributed by atoms with Gasteiger partial charge in [-0.1, -0.05) is 178 Å². The molecule has 0 fully saturated rings. The van der Waals surface area contributed by atoms with Crippen molar-refractivity contribution in [3.8, 4) is 44.5 Å². The largest absolute Gasteiger partial charge is 0.309 e. The lowest BCUT2D eigenvalue weighted by Gasteiger charge is -2.31. The van der Waals surface area contributed by atoms with E-state index in [1.54, 1.807) is 0 Å². The van der Waals surface area contributed by atoms with Crippen molar-refractivity contribution >= 4 is 27.8 Å². The second kappa shape index (κ2) is 12.1. The third-order valence-electron chi connectivity index (χ3n) is 10.5. The highest BCUT2D eigenvalue weighted by Crippen LogP contribution is 2.54. The van der Waals surface area contributed by atoms with Crippen molar-refractivity contribution in [2.75, 3.05) is 4.90 Å². The molecule has 0 N–H and O–H groups in total. The molecule has 0 aliphatic heterocycles. The number of anilines is 3. The number of hydrogen-bond acceptors (Lipinski definition) is 1. The molecule has 238 valence electrons. The average Bonchev–Trinajstić information content (AvgIpc) is 3.43. The fraction of sp³-hybridized carbons (Fsp3) is 0.0612. The van der Waals surface area contributed by atoms with E-state index >= 15 is 0 Å². The SMILES string of the molecule is CC1(C)c2ccccc2-c2ccc3c(N(c4ccc(-c5ccccc5)cc4)c4ccc(-c5ccccc5)cc4)c(-c4ccccc4)ccc3c21. The number of fused-ring (bicyclic) bond motifs is 5. The predicted molar refractivity (Wildman–Crippen MR) is 213 cm³/mol. The van der Waals surface area contributed by atoms with E-state index in [-0.39, 0.29) is 5.41 Å². The Hall–Kier alpha value is -6.18. The molecule has 1 aliphatic carbocycles. The van der Waals surface area contributed by atoms with Crippen LogP contribution < -0.4 is 4.90 Å². The van der Waals surface area contributed by atoms with Gasteiger partial charge in [-0.15, -0.1) is 0 Å². The molecule has 0 radical (unpaired) electrons. The molecule has 0 amide bonds. The molecule has 0 atom stereocenters. The molecule has 0 aromatic heterocycles. The average molecular weight is 640 g/mol. The van der Waals surface area contributed by atoms with E-state index < -0.39 is 0 Å². The minimum absolute atomic E-state index is 0.129. The van der Waals surface area contributed by atoms with E-state index in [4.69, 9.17) is 0 Å². The summed E-state index contributed by atoms with van der Waals surface area (Å²) < 4.78 is 0. The van der Waals surface area contributed by atoms with Crippen molar-refractivity contribution in [3.63, 3.8) is 0 Å². The summed E-state index contributed by atoms with van der Waals surface area (Å²) in [5.41, 5.74) is 16.0. The van der Waals surface area contributed by atoms with Crippen molar-refractivity contribution in [2.24, 2.45) is 0 Å². The minimum atomic E-state index is -0.129. The van der Waals surface area contributed by atoms with Gasteiger partial charge in [-0.25, -0.2) is 0 Å². The molecule has 0 bridgehead atoms. The van der Waals surface area contributed by atoms with Crippen LogP contribution in [0.3, 0.4) is 0 Å². The summed E-state index contributed by atoms with van der Waals surface area (Å²) in [5, 5.41) is 2.54. The smallest absolute Gasteiger partial charge is 0.0618 e. The maximum Gasteiger partial charge on any atom is 0.0618 e. The Morgan fingerprint density at radius 1 is 0.340 bits per heavy atom. The van der Waals surface area contributed by atoms with Crippen molar-refractivity contribution in [3.05, 3.63) is 199 Å². The highest BCUT2D eigenvalue weighted by atomic mass is 15.1. The first-order valence-corrected chi connectivity index (χ1v) is 17.4. The van der Waals surface area contributed by atoms with Gasteiger partial charge in [0.25, 0.3) is 0 Å². The zero-order chi connectivity index (χ0) is 33.7. The second-order valence-electron chi connectivity index (χ2n) is 13.7. The Kier molecular flexibility index (Phi) is 7.21. The minimum Gasteiger partial charge on any atom is -0.309 e. The van der Waals surface area contributed by atoms with Crippen LogP contribution in [0.2, 0.25) is 0 Å². The van der Waals surface area contributed by atoms with Gasteiger partial charge in [0.15, 0.2) is 0 Å². The quantitative estimate of drug-likeness (QED) is 0.175. The molecule has 8 aromatic carbocycles. The predicted octanol–water partition coefficient (Wildman–Crippen LogP) is 13.6. The molecule has 0 saturated heterocycles. The van der Waals surface area contributed by atoms with Gasteiger partial charge in [0.1, 0.15) is 0 Å². The van der Waals surface area contributed by atoms with Crippen LogP contribution in [0.15, 0.2) is 188 Å². The van der Waals surface area contributed by atoms with Crippen LogP contribution in [0.4, 0.5) is 17.1 Å². The molecule has 1 nitrogen and oxygen atoms in total. The Morgan fingerprint density at radius 2 is 0.780 bits per heavy atom. The lowest BCUT2D eigenvalue weighted by Crippen LogP contribution is -2.16.